The number of benzene rings is 1. The molecule has 1 aliphatic heterocycles. The summed E-state index contributed by atoms with van der Waals surface area (Å²) in [7, 11) is 0. The normalized spacial score (nSPS) is 14.5. The molecule has 0 spiro atoms. The zero-order chi connectivity index (χ0) is 17.1. The van der Waals surface area contributed by atoms with Gasteiger partial charge in [-0.3, -0.25) is 19.9 Å². The quantitative estimate of drug-likeness (QED) is 0.622. The number of piperazine rings is 1. The Balaban J connectivity index is 1.73. The molecule has 3 rings (SSSR count). The Morgan fingerprint density at radius 2 is 1.96 bits per heavy atom. The minimum Gasteiger partial charge on any atom is -0.352 e. The highest BCUT2D eigenvalue weighted by Gasteiger charge is 2.28. The number of nitro groups is 1. The highest BCUT2D eigenvalue weighted by atomic mass is 35.5. The van der Waals surface area contributed by atoms with Gasteiger partial charge in [-0.05, 0) is 12.1 Å². The van der Waals surface area contributed by atoms with E-state index in [9.17, 15) is 14.9 Å². The molecule has 1 aliphatic rings. The van der Waals surface area contributed by atoms with E-state index >= 15 is 0 Å². The molecule has 0 bridgehead atoms. The van der Waals surface area contributed by atoms with Crippen molar-refractivity contribution in [2.45, 2.75) is 0 Å². The van der Waals surface area contributed by atoms with Crippen LogP contribution in [0.5, 0.6) is 0 Å². The van der Waals surface area contributed by atoms with Gasteiger partial charge in [-0.25, -0.2) is 4.98 Å². The number of carbonyl (C=O) groups excluding carboxylic acids is 1. The second-order valence-corrected chi connectivity index (χ2v) is 5.70. The molecule has 0 N–H and O–H groups in total. The number of hydrogen-bond acceptors (Lipinski definition) is 6. The summed E-state index contributed by atoms with van der Waals surface area (Å²) in [6, 6.07) is 4.08. The van der Waals surface area contributed by atoms with Crippen LogP contribution in [0.15, 0.2) is 36.8 Å². The van der Waals surface area contributed by atoms with Crippen LogP contribution in [0, 0.1) is 10.1 Å². The summed E-state index contributed by atoms with van der Waals surface area (Å²) in [4.78, 5) is 35.1. The first-order valence-electron chi connectivity index (χ1n) is 7.30. The minimum absolute atomic E-state index is 0.0531. The molecule has 1 aromatic heterocycles. The lowest BCUT2D eigenvalue weighted by Crippen LogP contribution is -2.49. The average molecular weight is 348 g/mol. The Labute approximate surface area is 142 Å². The van der Waals surface area contributed by atoms with E-state index in [1.165, 1.54) is 18.2 Å². The van der Waals surface area contributed by atoms with Crippen LogP contribution in [0.3, 0.4) is 0 Å². The number of aromatic nitrogens is 2. The topological polar surface area (TPSA) is 92.5 Å². The fraction of sp³-hybridized carbons (Fsp3) is 0.267. The summed E-state index contributed by atoms with van der Waals surface area (Å²) < 4.78 is 0. The van der Waals surface area contributed by atoms with E-state index in [0.717, 1.165) is 5.82 Å². The molecule has 0 atom stereocenters. The molecule has 1 amide bonds. The standard InChI is InChI=1S/C15H14ClN5O3/c16-11-1-2-12(13(9-11)21(23)24)15(22)20-7-5-19(6-8-20)14-10-17-3-4-18-14/h1-4,9-10H,5-8H2. The van der Waals surface area contributed by atoms with Gasteiger partial charge >= 0.3 is 0 Å². The number of nitro benzene ring substituents is 1. The molecule has 24 heavy (non-hydrogen) atoms. The van der Waals surface area contributed by atoms with Gasteiger partial charge in [0.15, 0.2) is 0 Å². The van der Waals surface area contributed by atoms with Crippen LogP contribution >= 0.6 is 11.6 Å². The van der Waals surface area contributed by atoms with Crippen LogP contribution in [0.2, 0.25) is 5.02 Å². The van der Waals surface area contributed by atoms with Gasteiger partial charge in [0, 0.05) is 49.7 Å². The Morgan fingerprint density at radius 3 is 2.58 bits per heavy atom. The van der Waals surface area contributed by atoms with Gasteiger partial charge in [0.25, 0.3) is 11.6 Å². The molecule has 1 fully saturated rings. The van der Waals surface area contributed by atoms with E-state index in [1.807, 2.05) is 4.90 Å². The van der Waals surface area contributed by atoms with Gasteiger partial charge in [-0.1, -0.05) is 11.6 Å². The molecule has 0 unspecified atom stereocenters. The van der Waals surface area contributed by atoms with Gasteiger partial charge in [0.05, 0.1) is 11.1 Å². The number of nitrogens with zero attached hydrogens (tertiary/aromatic N) is 5. The second kappa shape index (κ2) is 6.79. The molecule has 2 heterocycles. The first kappa shape index (κ1) is 16.1. The van der Waals surface area contributed by atoms with Crippen LogP contribution in [-0.4, -0.2) is 51.9 Å². The first-order chi connectivity index (χ1) is 11.6. The van der Waals surface area contributed by atoms with Crippen molar-refractivity contribution >= 4 is 29.0 Å². The summed E-state index contributed by atoms with van der Waals surface area (Å²) >= 11 is 5.79. The Bertz CT molecular complexity index is 763. The van der Waals surface area contributed by atoms with Gasteiger partial charge in [0.2, 0.25) is 0 Å². The smallest absolute Gasteiger partial charge is 0.283 e. The fourth-order valence-corrected chi connectivity index (χ4v) is 2.77. The lowest BCUT2D eigenvalue weighted by Gasteiger charge is -2.35. The fourth-order valence-electron chi connectivity index (χ4n) is 2.60. The predicted octanol–water partition coefficient (Wildman–Crippen LogP) is 2.00. The Hall–Kier alpha value is -2.74. The lowest BCUT2D eigenvalue weighted by molar-refractivity contribution is -0.385. The summed E-state index contributed by atoms with van der Waals surface area (Å²) in [6.07, 6.45) is 4.88. The number of rotatable bonds is 3. The van der Waals surface area contributed by atoms with Gasteiger partial charge < -0.3 is 9.80 Å². The zero-order valence-electron chi connectivity index (χ0n) is 12.6. The zero-order valence-corrected chi connectivity index (χ0v) is 13.4. The highest BCUT2D eigenvalue weighted by molar-refractivity contribution is 6.31. The molecule has 8 nitrogen and oxygen atoms in total. The largest absolute Gasteiger partial charge is 0.352 e. The third kappa shape index (κ3) is 3.28. The van der Waals surface area contributed by atoms with E-state index in [4.69, 9.17) is 11.6 Å². The van der Waals surface area contributed by atoms with Crippen LogP contribution in [0.25, 0.3) is 0 Å². The monoisotopic (exact) mass is 347 g/mol. The maximum atomic E-state index is 12.6. The van der Waals surface area contributed by atoms with E-state index in [0.29, 0.717) is 26.2 Å². The van der Waals surface area contributed by atoms with Crippen LogP contribution in [0.1, 0.15) is 10.4 Å². The maximum absolute atomic E-state index is 12.6. The van der Waals surface area contributed by atoms with Crippen molar-refractivity contribution in [1.82, 2.24) is 14.9 Å². The Morgan fingerprint density at radius 1 is 1.21 bits per heavy atom. The van der Waals surface area contributed by atoms with Crippen LogP contribution in [0.4, 0.5) is 11.5 Å². The number of hydrogen-bond donors (Lipinski definition) is 0. The molecule has 2 aromatic rings. The van der Waals surface area contributed by atoms with Crippen molar-refractivity contribution < 1.29 is 9.72 Å². The summed E-state index contributed by atoms with van der Waals surface area (Å²) in [5, 5.41) is 11.4. The van der Waals surface area contributed by atoms with Gasteiger partial charge in [0.1, 0.15) is 11.4 Å². The van der Waals surface area contributed by atoms with Gasteiger partial charge in [-0.15, -0.1) is 0 Å². The molecular weight excluding hydrogens is 334 g/mol. The number of halogens is 1. The number of anilines is 1. The maximum Gasteiger partial charge on any atom is 0.283 e. The van der Waals surface area contributed by atoms with Crippen LogP contribution < -0.4 is 4.90 Å². The van der Waals surface area contributed by atoms with Crippen molar-refractivity contribution in [3.05, 3.63) is 57.5 Å². The summed E-state index contributed by atoms with van der Waals surface area (Å²) in [5.74, 6) is 0.388. The lowest BCUT2D eigenvalue weighted by atomic mass is 10.1. The van der Waals surface area contributed by atoms with Crippen molar-refractivity contribution in [3.63, 3.8) is 0 Å². The average Bonchev–Trinajstić information content (AvgIpc) is 2.62. The SMILES string of the molecule is O=C(c1ccc(Cl)cc1[N+](=O)[O-])N1CCN(c2cnccn2)CC1. The number of amides is 1. The third-order valence-electron chi connectivity index (χ3n) is 3.83. The van der Waals surface area contributed by atoms with Gasteiger partial charge in [-0.2, -0.15) is 0 Å². The van der Waals surface area contributed by atoms with Crippen molar-refractivity contribution in [1.29, 1.82) is 0 Å². The van der Waals surface area contributed by atoms with Crippen LogP contribution in [-0.2, 0) is 0 Å². The molecule has 0 saturated carbocycles. The molecule has 9 heteroatoms. The first-order valence-corrected chi connectivity index (χ1v) is 7.68. The summed E-state index contributed by atoms with van der Waals surface area (Å²) in [5.41, 5.74) is -0.221. The molecular formula is C15H14ClN5O3. The molecule has 0 aliphatic carbocycles. The minimum atomic E-state index is -0.588. The molecule has 1 saturated heterocycles. The second-order valence-electron chi connectivity index (χ2n) is 5.26. The van der Waals surface area contributed by atoms with E-state index in [1.54, 1.807) is 23.5 Å². The third-order valence-corrected chi connectivity index (χ3v) is 4.06. The molecule has 0 radical (unpaired) electrons. The van der Waals surface area contributed by atoms with Crippen molar-refractivity contribution in [2.75, 3.05) is 31.1 Å². The summed E-state index contributed by atoms with van der Waals surface area (Å²) in [6.45, 7) is 2.09. The van der Waals surface area contributed by atoms with E-state index in [-0.39, 0.29) is 22.2 Å². The predicted molar refractivity (Wildman–Crippen MR) is 88.3 cm³/mol. The van der Waals surface area contributed by atoms with E-state index < -0.39 is 4.92 Å². The number of carbonyl (C=O) groups is 1. The Kier molecular flexibility index (Phi) is 4.57. The van der Waals surface area contributed by atoms with E-state index in [2.05, 4.69) is 9.97 Å². The van der Waals surface area contributed by atoms with Crippen molar-refractivity contribution in [3.8, 4) is 0 Å². The molecule has 124 valence electrons. The van der Waals surface area contributed by atoms with Crippen molar-refractivity contribution in [2.24, 2.45) is 0 Å². The highest BCUT2D eigenvalue weighted by Crippen LogP contribution is 2.25. The molecule has 1 aromatic carbocycles.